The molecule has 1 atom stereocenters. The predicted molar refractivity (Wildman–Crippen MR) is 108 cm³/mol. The second-order valence-electron chi connectivity index (χ2n) is 6.43. The van der Waals surface area contributed by atoms with Crippen LogP contribution >= 0.6 is 12.4 Å². The zero-order valence-corrected chi connectivity index (χ0v) is 15.6. The Balaban J connectivity index is 0.00000196. The van der Waals surface area contributed by atoms with E-state index in [1.54, 1.807) is 10.6 Å². The van der Waals surface area contributed by atoms with Gasteiger partial charge in [0, 0.05) is 24.5 Å². The Bertz CT molecular complexity index is 946. The number of anilines is 1. The van der Waals surface area contributed by atoms with Crippen LogP contribution in [0.5, 0.6) is 0 Å². The number of aromatic nitrogens is 2. The van der Waals surface area contributed by atoms with Gasteiger partial charge in [-0.25, -0.2) is 4.98 Å². The van der Waals surface area contributed by atoms with Crippen molar-refractivity contribution in [3.8, 4) is 11.1 Å². The Labute approximate surface area is 158 Å². The molecule has 0 saturated carbocycles. The summed E-state index contributed by atoms with van der Waals surface area (Å²) in [6, 6.07) is 14.2. The van der Waals surface area contributed by atoms with E-state index >= 15 is 0 Å². The lowest BCUT2D eigenvalue weighted by Crippen LogP contribution is -2.22. The quantitative estimate of drug-likeness (QED) is 0.740. The normalized spacial score (nSPS) is 16.4. The number of nitrogens with zero attached hydrogens (tertiary/aromatic N) is 2. The van der Waals surface area contributed by atoms with Crippen LogP contribution in [0.1, 0.15) is 19.0 Å². The zero-order chi connectivity index (χ0) is 17.2. The molecule has 0 radical (unpaired) electrons. The van der Waals surface area contributed by atoms with Crippen molar-refractivity contribution >= 4 is 23.7 Å². The van der Waals surface area contributed by atoms with Crippen molar-refractivity contribution in [1.29, 1.82) is 0 Å². The van der Waals surface area contributed by atoms with Crippen LogP contribution in [0, 0.1) is 0 Å². The minimum Gasteiger partial charge on any atom is -0.381 e. The van der Waals surface area contributed by atoms with Gasteiger partial charge in [-0.1, -0.05) is 25.1 Å². The molecule has 2 aromatic heterocycles. The molecular weight excluding hydrogens is 348 g/mol. The van der Waals surface area contributed by atoms with Crippen LogP contribution in [-0.2, 0) is 6.42 Å². The highest BCUT2D eigenvalue weighted by Gasteiger charge is 2.15. The lowest BCUT2D eigenvalue weighted by atomic mass is 10.0. The highest BCUT2D eigenvalue weighted by Crippen LogP contribution is 2.23. The van der Waals surface area contributed by atoms with Crippen molar-refractivity contribution in [3.63, 3.8) is 0 Å². The van der Waals surface area contributed by atoms with E-state index in [0.717, 1.165) is 42.9 Å². The Morgan fingerprint density at radius 3 is 2.73 bits per heavy atom. The molecule has 136 valence electrons. The van der Waals surface area contributed by atoms with E-state index in [1.807, 2.05) is 49.4 Å². The molecule has 0 spiro atoms. The third-order valence-electron chi connectivity index (χ3n) is 4.75. The largest absolute Gasteiger partial charge is 0.381 e. The minimum atomic E-state index is -0.0110. The first-order chi connectivity index (χ1) is 12.3. The van der Waals surface area contributed by atoms with Crippen LogP contribution in [0.3, 0.4) is 0 Å². The van der Waals surface area contributed by atoms with Gasteiger partial charge in [-0.2, -0.15) is 0 Å². The first-order valence-electron chi connectivity index (χ1n) is 8.84. The Morgan fingerprint density at radius 2 is 2.04 bits per heavy atom. The standard InChI is InChI=1S/C20H22N4O.ClH/c1-2-17-19(20(25)24-12-4-3-5-18(24)23-17)14-6-8-15(9-7-14)22-16-10-11-21-13-16;/h3-9,12,16,21-22H,2,10-11,13H2,1H3;1H/t16-;/m1./s1. The van der Waals surface area contributed by atoms with E-state index in [0.29, 0.717) is 17.3 Å². The number of nitrogens with one attached hydrogen (secondary N) is 2. The minimum absolute atomic E-state index is 0. The van der Waals surface area contributed by atoms with Gasteiger partial charge < -0.3 is 10.6 Å². The third kappa shape index (κ3) is 3.45. The number of rotatable bonds is 4. The summed E-state index contributed by atoms with van der Waals surface area (Å²) >= 11 is 0. The molecular formula is C20H23ClN4O. The van der Waals surface area contributed by atoms with E-state index in [-0.39, 0.29) is 18.0 Å². The Kier molecular flexibility index (Phi) is 5.59. The van der Waals surface area contributed by atoms with Crippen molar-refractivity contribution in [2.24, 2.45) is 0 Å². The SMILES string of the molecule is CCc1nc2ccccn2c(=O)c1-c1ccc(N[C@@H]2CCNC2)cc1.Cl. The van der Waals surface area contributed by atoms with E-state index in [4.69, 9.17) is 0 Å². The van der Waals surface area contributed by atoms with Gasteiger partial charge >= 0.3 is 0 Å². The maximum Gasteiger partial charge on any atom is 0.265 e. The Morgan fingerprint density at radius 1 is 1.23 bits per heavy atom. The van der Waals surface area contributed by atoms with E-state index in [1.165, 1.54) is 0 Å². The lowest BCUT2D eigenvalue weighted by Gasteiger charge is -2.14. The highest BCUT2D eigenvalue weighted by atomic mass is 35.5. The van der Waals surface area contributed by atoms with Gasteiger partial charge in [0.15, 0.2) is 0 Å². The lowest BCUT2D eigenvalue weighted by molar-refractivity contribution is 0.793. The number of halogens is 1. The monoisotopic (exact) mass is 370 g/mol. The fraction of sp³-hybridized carbons (Fsp3) is 0.300. The molecule has 0 amide bonds. The average molecular weight is 371 g/mol. The Hall–Kier alpha value is -2.37. The molecule has 3 aromatic rings. The molecule has 26 heavy (non-hydrogen) atoms. The van der Waals surface area contributed by atoms with Crippen LogP contribution in [0.4, 0.5) is 5.69 Å². The molecule has 2 N–H and O–H groups in total. The summed E-state index contributed by atoms with van der Waals surface area (Å²) < 4.78 is 1.62. The van der Waals surface area contributed by atoms with Crippen LogP contribution in [0.25, 0.3) is 16.8 Å². The van der Waals surface area contributed by atoms with Gasteiger partial charge in [0.2, 0.25) is 0 Å². The molecule has 1 fully saturated rings. The molecule has 6 heteroatoms. The van der Waals surface area contributed by atoms with Crippen molar-refractivity contribution in [1.82, 2.24) is 14.7 Å². The average Bonchev–Trinajstić information content (AvgIpc) is 3.15. The molecule has 0 bridgehead atoms. The topological polar surface area (TPSA) is 58.4 Å². The summed E-state index contributed by atoms with van der Waals surface area (Å²) in [4.78, 5) is 17.6. The second-order valence-corrected chi connectivity index (χ2v) is 6.43. The number of aryl methyl sites for hydroxylation is 1. The summed E-state index contributed by atoms with van der Waals surface area (Å²) in [6.07, 6.45) is 3.64. The molecule has 3 heterocycles. The van der Waals surface area contributed by atoms with Gasteiger partial charge in [0.1, 0.15) is 5.65 Å². The molecule has 5 nitrogen and oxygen atoms in total. The maximum absolute atomic E-state index is 13.0. The molecule has 0 aliphatic carbocycles. The van der Waals surface area contributed by atoms with E-state index in [9.17, 15) is 4.79 Å². The van der Waals surface area contributed by atoms with E-state index in [2.05, 4.69) is 15.6 Å². The van der Waals surface area contributed by atoms with Gasteiger partial charge in [-0.15, -0.1) is 12.4 Å². The van der Waals surface area contributed by atoms with Crippen molar-refractivity contribution < 1.29 is 0 Å². The molecule has 0 unspecified atom stereocenters. The fourth-order valence-electron chi connectivity index (χ4n) is 3.43. The molecule has 1 saturated heterocycles. The smallest absolute Gasteiger partial charge is 0.265 e. The summed E-state index contributed by atoms with van der Waals surface area (Å²) in [5, 5.41) is 6.89. The van der Waals surface area contributed by atoms with Crippen LogP contribution < -0.4 is 16.2 Å². The van der Waals surface area contributed by atoms with Gasteiger partial charge in [0.25, 0.3) is 5.56 Å². The number of hydrogen-bond donors (Lipinski definition) is 2. The van der Waals surface area contributed by atoms with Crippen LogP contribution in [0.15, 0.2) is 53.5 Å². The van der Waals surface area contributed by atoms with Crippen molar-refractivity contribution in [2.75, 3.05) is 18.4 Å². The second kappa shape index (κ2) is 7.89. The number of benzene rings is 1. The van der Waals surface area contributed by atoms with Crippen LogP contribution in [-0.4, -0.2) is 28.5 Å². The third-order valence-corrected chi connectivity index (χ3v) is 4.75. The first-order valence-corrected chi connectivity index (χ1v) is 8.84. The van der Waals surface area contributed by atoms with Gasteiger partial charge in [0.05, 0.1) is 11.3 Å². The summed E-state index contributed by atoms with van der Waals surface area (Å²) in [7, 11) is 0. The number of pyridine rings is 1. The molecule has 1 aliphatic heterocycles. The predicted octanol–water partition coefficient (Wildman–Crippen LogP) is 3.12. The van der Waals surface area contributed by atoms with Crippen LogP contribution in [0.2, 0.25) is 0 Å². The molecule has 1 aromatic carbocycles. The molecule has 4 rings (SSSR count). The van der Waals surface area contributed by atoms with E-state index < -0.39 is 0 Å². The highest BCUT2D eigenvalue weighted by molar-refractivity contribution is 5.85. The number of hydrogen-bond acceptors (Lipinski definition) is 4. The summed E-state index contributed by atoms with van der Waals surface area (Å²) in [5.41, 5.74) is 4.23. The number of fused-ring (bicyclic) bond motifs is 1. The molecule has 1 aliphatic rings. The van der Waals surface area contributed by atoms with Gasteiger partial charge in [-0.3, -0.25) is 9.20 Å². The van der Waals surface area contributed by atoms with Gasteiger partial charge in [-0.05, 0) is 49.2 Å². The maximum atomic E-state index is 13.0. The van der Waals surface area contributed by atoms with Crippen molar-refractivity contribution in [3.05, 3.63) is 64.7 Å². The van der Waals surface area contributed by atoms with Crippen molar-refractivity contribution in [2.45, 2.75) is 25.8 Å². The first kappa shape index (κ1) is 18.4. The summed E-state index contributed by atoms with van der Waals surface area (Å²) in [6.45, 7) is 4.10. The fourth-order valence-corrected chi connectivity index (χ4v) is 3.43. The zero-order valence-electron chi connectivity index (χ0n) is 14.7. The summed E-state index contributed by atoms with van der Waals surface area (Å²) in [5.74, 6) is 0.